The summed E-state index contributed by atoms with van der Waals surface area (Å²) in [7, 11) is 0. The van der Waals surface area contributed by atoms with Crippen molar-refractivity contribution in [2.24, 2.45) is 5.73 Å². The van der Waals surface area contributed by atoms with Crippen molar-refractivity contribution in [3.63, 3.8) is 0 Å². The van der Waals surface area contributed by atoms with Gasteiger partial charge in [0.25, 0.3) is 0 Å². The first kappa shape index (κ1) is 13.9. The fraction of sp³-hybridized carbons (Fsp3) is 0.778. The maximum Gasteiger partial charge on any atom is 0.334 e. The van der Waals surface area contributed by atoms with Gasteiger partial charge in [-0.2, -0.15) is 0 Å². The number of unbranched alkanes of at least 4 members (excludes halogenated alkanes) is 1. The van der Waals surface area contributed by atoms with Crippen LogP contribution in [0.4, 0.5) is 0 Å². The number of hydrogen-bond donors (Lipinski definition) is 4. The fourth-order valence-electron chi connectivity index (χ4n) is 0.971. The second kappa shape index (κ2) is 7.19. The number of nitrogens with two attached hydrogens (primary N) is 1. The Hall–Kier alpha value is -1.14. The summed E-state index contributed by atoms with van der Waals surface area (Å²) in [5.74, 6) is -1.79. The Morgan fingerprint density at radius 1 is 1.47 bits per heavy atom. The Kier molecular flexibility index (Phi) is 6.64. The van der Waals surface area contributed by atoms with E-state index in [2.05, 4.69) is 5.32 Å². The zero-order valence-corrected chi connectivity index (χ0v) is 8.77. The summed E-state index contributed by atoms with van der Waals surface area (Å²) in [6.45, 7) is 1.67. The van der Waals surface area contributed by atoms with Crippen molar-refractivity contribution in [3.8, 4) is 0 Å². The highest BCUT2D eigenvalue weighted by Gasteiger charge is 2.17. The van der Waals surface area contributed by atoms with Gasteiger partial charge in [-0.1, -0.05) is 19.8 Å². The van der Waals surface area contributed by atoms with Crippen molar-refractivity contribution in [1.82, 2.24) is 5.32 Å². The number of carboxylic acids is 1. The minimum atomic E-state index is -1.58. The standard InChI is InChI=1S/C9H18N2O4/c1-2-3-4-6(10)8(13)11-5-7(12)9(14)15/h6-7,12H,2-5,10H2,1H3,(H,11,13)(H,14,15)/t6-,7?/m0/s1. The second-order valence-electron chi connectivity index (χ2n) is 3.35. The second-order valence-corrected chi connectivity index (χ2v) is 3.35. The van der Waals surface area contributed by atoms with Crippen molar-refractivity contribution < 1.29 is 19.8 Å². The van der Waals surface area contributed by atoms with Gasteiger partial charge in [-0.3, -0.25) is 4.79 Å². The lowest BCUT2D eigenvalue weighted by Gasteiger charge is -2.12. The lowest BCUT2D eigenvalue weighted by molar-refractivity contribution is -0.146. The SMILES string of the molecule is CCCC[C@H](N)C(=O)NCC(O)C(=O)O. The van der Waals surface area contributed by atoms with E-state index >= 15 is 0 Å². The van der Waals surface area contributed by atoms with Crippen molar-refractivity contribution >= 4 is 11.9 Å². The summed E-state index contributed by atoms with van der Waals surface area (Å²) < 4.78 is 0. The summed E-state index contributed by atoms with van der Waals surface area (Å²) in [5, 5.41) is 19.5. The van der Waals surface area contributed by atoms with Gasteiger partial charge in [0.15, 0.2) is 6.10 Å². The van der Waals surface area contributed by atoms with Crippen LogP contribution < -0.4 is 11.1 Å². The van der Waals surface area contributed by atoms with Crippen LogP contribution >= 0.6 is 0 Å². The number of nitrogens with one attached hydrogen (secondary N) is 1. The first-order chi connectivity index (χ1) is 6.99. The molecule has 0 heterocycles. The van der Waals surface area contributed by atoms with Crippen LogP contribution in [-0.2, 0) is 9.59 Å². The fourth-order valence-corrected chi connectivity index (χ4v) is 0.971. The summed E-state index contributed by atoms with van der Waals surface area (Å²) in [6.07, 6.45) is 0.771. The highest BCUT2D eigenvalue weighted by atomic mass is 16.4. The predicted octanol–water partition coefficient (Wildman–Crippen LogP) is -0.934. The lowest BCUT2D eigenvalue weighted by Crippen LogP contribution is -2.44. The van der Waals surface area contributed by atoms with Crippen LogP contribution in [0.2, 0.25) is 0 Å². The van der Waals surface area contributed by atoms with Gasteiger partial charge in [-0.05, 0) is 6.42 Å². The zero-order valence-electron chi connectivity index (χ0n) is 8.77. The monoisotopic (exact) mass is 218 g/mol. The average Bonchev–Trinajstić information content (AvgIpc) is 2.21. The van der Waals surface area contributed by atoms with Crippen molar-refractivity contribution in [3.05, 3.63) is 0 Å². The van der Waals surface area contributed by atoms with Gasteiger partial charge < -0.3 is 21.3 Å². The van der Waals surface area contributed by atoms with Crippen LogP contribution in [0.15, 0.2) is 0 Å². The summed E-state index contributed by atoms with van der Waals surface area (Å²) >= 11 is 0. The number of aliphatic hydroxyl groups is 1. The van der Waals surface area contributed by atoms with E-state index in [1.165, 1.54) is 0 Å². The highest BCUT2D eigenvalue weighted by molar-refractivity contribution is 5.82. The molecular weight excluding hydrogens is 200 g/mol. The molecule has 0 aliphatic heterocycles. The Morgan fingerprint density at radius 3 is 2.53 bits per heavy atom. The van der Waals surface area contributed by atoms with Gasteiger partial charge in [-0.15, -0.1) is 0 Å². The molecule has 15 heavy (non-hydrogen) atoms. The minimum absolute atomic E-state index is 0.312. The molecular formula is C9H18N2O4. The molecule has 0 aliphatic rings. The van der Waals surface area contributed by atoms with E-state index in [1.54, 1.807) is 0 Å². The van der Waals surface area contributed by atoms with Gasteiger partial charge in [0.1, 0.15) is 0 Å². The molecule has 6 nitrogen and oxygen atoms in total. The number of hydrogen-bond acceptors (Lipinski definition) is 4. The number of amides is 1. The van der Waals surface area contributed by atoms with Crippen molar-refractivity contribution in [2.45, 2.75) is 38.3 Å². The third kappa shape index (κ3) is 6.03. The Bertz CT molecular complexity index is 220. The largest absolute Gasteiger partial charge is 0.479 e. The van der Waals surface area contributed by atoms with Crippen molar-refractivity contribution in [1.29, 1.82) is 0 Å². The maximum atomic E-state index is 11.2. The first-order valence-corrected chi connectivity index (χ1v) is 4.93. The molecule has 1 amide bonds. The Balaban J connectivity index is 3.77. The van der Waals surface area contributed by atoms with E-state index in [0.29, 0.717) is 6.42 Å². The number of aliphatic carboxylic acids is 1. The van der Waals surface area contributed by atoms with Crippen LogP contribution in [0.25, 0.3) is 0 Å². The molecule has 88 valence electrons. The molecule has 1 unspecified atom stereocenters. The topological polar surface area (TPSA) is 113 Å². The van der Waals surface area contributed by atoms with Gasteiger partial charge in [0, 0.05) is 0 Å². The third-order valence-corrected chi connectivity index (χ3v) is 1.96. The molecule has 0 rings (SSSR count). The molecule has 2 atom stereocenters. The van der Waals surface area contributed by atoms with E-state index in [4.69, 9.17) is 15.9 Å². The molecule has 0 saturated heterocycles. The quantitative estimate of drug-likeness (QED) is 0.441. The Labute approximate surface area is 88.5 Å². The number of carboxylic acid groups (broad SMARTS) is 1. The molecule has 0 aromatic heterocycles. The highest BCUT2D eigenvalue weighted by Crippen LogP contribution is 1.97. The van der Waals surface area contributed by atoms with Crippen LogP contribution in [-0.4, -0.2) is 40.8 Å². The van der Waals surface area contributed by atoms with Crippen LogP contribution in [0.3, 0.4) is 0 Å². The molecule has 6 heteroatoms. The molecule has 5 N–H and O–H groups in total. The van der Waals surface area contributed by atoms with E-state index in [-0.39, 0.29) is 6.54 Å². The average molecular weight is 218 g/mol. The molecule has 0 saturated carbocycles. The molecule has 0 spiro atoms. The lowest BCUT2D eigenvalue weighted by atomic mass is 10.1. The van der Waals surface area contributed by atoms with Crippen molar-refractivity contribution in [2.75, 3.05) is 6.54 Å². The van der Waals surface area contributed by atoms with Crippen LogP contribution in [0.1, 0.15) is 26.2 Å². The summed E-state index contributed by atoms with van der Waals surface area (Å²) in [6, 6.07) is -0.633. The summed E-state index contributed by atoms with van der Waals surface area (Å²) in [4.78, 5) is 21.5. The van der Waals surface area contributed by atoms with Gasteiger partial charge in [-0.25, -0.2) is 4.79 Å². The predicted molar refractivity (Wildman–Crippen MR) is 54.2 cm³/mol. The number of carbonyl (C=O) groups is 2. The van der Waals surface area contributed by atoms with E-state index in [9.17, 15) is 9.59 Å². The molecule has 0 radical (unpaired) electrons. The number of rotatable bonds is 7. The van der Waals surface area contributed by atoms with E-state index in [1.807, 2.05) is 6.92 Å². The normalized spacial score (nSPS) is 14.3. The van der Waals surface area contributed by atoms with Gasteiger partial charge in [0.2, 0.25) is 5.91 Å². The zero-order chi connectivity index (χ0) is 11.8. The summed E-state index contributed by atoms with van der Waals surface area (Å²) in [5.41, 5.74) is 5.52. The number of aliphatic hydroxyl groups excluding tert-OH is 1. The van der Waals surface area contributed by atoms with Crippen LogP contribution in [0, 0.1) is 0 Å². The molecule has 0 aliphatic carbocycles. The molecule has 0 fully saturated rings. The van der Waals surface area contributed by atoms with E-state index < -0.39 is 24.0 Å². The van der Waals surface area contributed by atoms with E-state index in [0.717, 1.165) is 12.8 Å². The smallest absolute Gasteiger partial charge is 0.334 e. The number of carbonyl (C=O) groups excluding carboxylic acids is 1. The minimum Gasteiger partial charge on any atom is -0.479 e. The third-order valence-electron chi connectivity index (χ3n) is 1.96. The molecule has 0 bridgehead atoms. The first-order valence-electron chi connectivity index (χ1n) is 4.93. The molecule has 0 aromatic carbocycles. The molecule has 0 aromatic rings. The van der Waals surface area contributed by atoms with Gasteiger partial charge >= 0.3 is 5.97 Å². The Morgan fingerprint density at radius 2 is 2.07 bits per heavy atom. The maximum absolute atomic E-state index is 11.2. The van der Waals surface area contributed by atoms with Gasteiger partial charge in [0.05, 0.1) is 12.6 Å². The van der Waals surface area contributed by atoms with Crippen LogP contribution in [0.5, 0.6) is 0 Å².